The molecule has 0 amide bonds. The lowest BCUT2D eigenvalue weighted by molar-refractivity contribution is 0.443. The zero-order valence-corrected chi connectivity index (χ0v) is 7.50. The second kappa shape index (κ2) is 3.93. The number of H-pyrrole nitrogens is 1. The molecule has 0 radical (unpaired) electrons. The normalized spacial score (nSPS) is 10.2. The summed E-state index contributed by atoms with van der Waals surface area (Å²) in [5, 5.41) is 9.29. The van der Waals surface area contributed by atoms with Gasteiger partial charge >= 0.3 is 0 Å². The van der Waals surface area contributed by atoms with Crippen LogP contribution in [0.1, 0.15) is 25.3 Å². The number of aromatic nitrogens is 2. The van der Waals surface area contributed by atoms with Crippen LogP contribution in [0.2, 0.25) is 0 Å². The van der Waals surface area contributed by atoms with Gasteiger partial charge in [-0.3, -0.25) is 9.78 Å². The van der Waals surface area contributed by atoms with E-state index in [1.807, 2.05) is 6.92 Å². The number of aromatic hydroxyl groups is 1. The van der Waals surface area contributed by atoms with E-state index in [1.165, 1.54) is 0 Å². The molecule has 72 valence electrons. The maximum atomic E-state index is 11.2. The van der Waals surface area contributed by atoms with Crippen LogP contribution in [0.3, 0.4) is 0 Å². The molecule has 0 aliphatic carbocycles. The predicted molar refractivity (Wildman–Crippen MR) is 49.5 cm³/mol. The number of nitrogens with two attached hydrogens (primary N) is 1. The van der Waals surface area contributed by atoms with Gasteiger partial charge in [-0.05, 0) is 12.8 Å². The van der Waals surface area contributed by atoms with E-state index in [0.29, 0.717) is 12.0 Å². The van der Waals surface area contributed by atoms with Crippen LogP contribution in [0, 0.1) is 0 Å². The van der Waals surface area contributed by atoms with Gasteiger partial charge in [0.2, 0.25) is 11.8 Å². The van der Waals surface area contributed by atoms with Crippen LogP contribution in [-0.2, 0) is 6.42 Å². The summed E-state index contributed by atoms with van der Waals surface area (Å²) < 4.78 is 0. The van der Waals surface area contributed by atoms with Gasteiger partial charge in [0.25, 0.3) is 5.56 Å². The number of hydrogen-bond donors (Lipinski definition) is 3. The van der Waals surface area contributed by atoms with E-state index in [4.69, 9.17) is 5.73 Å². The van der Waals surface area contributed by atoms with Crippen molar-refractivity contribution in [3.8, 4) is 5.88 Å². The first-order valence-electron chi connectivity index (χ1n) is 4.22. The molecular weight excluding hydrogens is 170 g/mol. The molecule has 0 bridgehead atoms. The molecule has 1 rings (SSSR count). The molecule has 13 heavy (non-hydrogen) atoms. The van der Waals surface area contributed by atoms with Crippen molar-refractivity contribution in [2.75, 3.05) is 5.73 Å². The smallest absolute Gasteiger partial charge is 0.259 e. The summed E-state index contributed by atoms with van der Waals surface area (Å²) in [6.07, 6.45) is 2.34. The van der Waals surface area contributed by atoms with Crippen LogP contribution in [0.15, 0.2) is 4.79 Å². The summed E-state index contributed by atoms with van der Waals surface area (Å²) in [6, 6.07) is 0. The molecular formula is C8H13N3O2. The number of anilines is 1. The largest absolute Gasteiger partial charge is 0.493 e. The molecule has 0 fully saturated rings. The zero-order chi connectivity index (χ0) is 9.84. The van der Waals surface area contributed by atoms with Crippen molar-refractivity contribution in [1.29, 1.82) is 0 Å². The van der Waals surface area contributed by atoms with Gasteiger partial charge < -0.3 is 10.8 Å². The van der Waals surface area contributed by atoms with Crippen molar-refractivity contribution < 1.29 is 5.11 Å². The Labute approximate surface area is 75.6 Å². The Bertz CT molecular complexity index is 346. The summed E-state index contributed by atoms with van der Waals surface area (Å²) >= 11 is 0. The fourth-order valence-electron chi connectivity index (χ4n) is 1.08. The number of nitrogens with one attached hydrogen (secondary N) is 1. The Kier molecular flexibility index (Phi) is 2.89. The second-order valence-corrected chi connectivity index (χ2v) is 2.86. The fraction of sp³-hybridized carbons (Fsp3) is 0.500. The average molecular weight is 183 g/mol. The third-order valence-electron chi connectivity index (χ3n) is 1.79. The highest BCUT2D eigenvalue weighted by Crippen LogP contribution is 2.11. The lowest BCUT2D eigenvalue weighted by atomic mass is 10.1. The van der Waals surface area contributed by atoms with Crippen molar-refractivity contribution in [3.63, 3.8) is 0 Å². The molecule has 5 heteroatoms. The van der Waals surface area contributed by atoms with Crippen molar-refractivity contribution in [2.24, 2.45) is 0 Å². The molecule has 0 spiro atoms. The lowest BCUT2D eigenvalue weighted by Crippen LogP contribution is -2.16. The molecule has 1 aromatic heterocycles. The SMILES string of the molecule is CCCCc1c(O)nc(N)[nH]c1=O. The topological polar surface area (TPSA) is 92.0 Å². The third-order valence-corrected chi connectivity index (χ3v) is 1.79. The van der Waals surface area contributed by atoms with E-state index in [9.17, 15) is 9.90 Å². The molecule has 0 atom stereocenters. The molecule has 0 saturated heterocycles. The fourth-order valence-corrected chi connectivity index (χ4v) is 1.08. The number of nitrogen functional groups attached to an aromatic ring is 1. The molecule has 5 nitrogen and oxygen atoms in total. The molecule has 0 aromatic carbocycles. The highest BCUT2D eigenvalue weighted by molar-refractivity contribution is 5.28. The van der Waals surface area contributed by atoms with Crippen LogP contribution < -0.4 is 11.3 Å². The third kappa shape index (κ3) is 2.21. The van der Waals surface area contributed by atoms with Crippen molar-refractivity contribution >= 4 is 5.95 Å². The Morgan fingerprint density at radius 2 is 2.31 bits per heavy atom. The minimum Gasteiger partial charge on any atom is -0.493 e. The first-order valence-corrected chi connectivity index (χ1v) is 4.22. The van der Waals surface area contributed by atoms with Crippen molar-refractivity contribution in [1.82, 2.24) is 9.97 Å². The molecule has 1 aromatic rings. The van der Waals surface area contributed by atoms with Crippen LogP contribution in [0.4, 0.5) is 5.95 Å². The van der Waals surface area contributed by atoms with Crippen LogP contribution in [0.25, 0.3) is 0 Å². The molecule has 0 aliphatic heterocycles. The Morgan fingerprint density at radius 3 is 2.85 bits per heavy atom. The summed E-state index contributed by atoms with van der Waals surface area (Å²) in [5.74, 6) is -0.308. The van der Waals surface area contributed by atoms with Gasteiger partial charge in [-0.25, -0.2) is 0 Å². The van der Waals surface area contributed by atoms with E-state index < -0.39 is 0 Å². The summed E-state index contributed by atoms with van der Waals surface area (Å²) in [6.45, 7) is 2.01. The Hall–Kier alpha value is -1.52. The molecule has 4 N–H and O–H groups in total. The second-order valence-electron chi connectivity index (χ2n) is 2.86. The van der Waals surface area contributed by atoms with Gasteiger partial charge in [0, 0.05) is 0 Å². The quantitative estimate of drug-likeness (QED) is 0.632. The van der Waals surface area contributed by atoms with Crippen LogP contribution in [0.5, 0.6) is 5.88 Å². The number of unbranched alkanes of at least 4 members (excludes halogenated alkanes) is 1. The number of nitrogens with zero attached hydrogens (tertiary/aromatic N) is 1. The number of aromatic amines is 1. The summed E-state index contributed by atoms with van der Waals surface area (Å²) in [7, 11) is 0. The monoisotopic (exact) mass is 183 g/mol. The van der Waals surface area contributed by atoms with E-state index in [1.54, 1.807) is 0 Å². The summed E-state index contributed by atoms with van der Waals surface area (Å²) in [5.41, 5.74) is 5.20. The maximum absolute atomic E-state index is 11.2. The molecule has 0 unspecified atom stereocenters. The summed E-state index contributed by atoms with van der Waals surface area (Å²) in [4.78, 5) is 17.1. The van der Waals surface area contributed by atoms with Crippen molar-refractivity contribution in [3.05, 3.63) is 15.9 Å². The van der Waals surface area contributed by atoms with Gasteiger partial charge in [-0.1, -0.05) is 13.3 Å². The number of hydrogen-bond acceptors (Lipinski definition) is 4. The average Bonchev–Trinajstić information content (AvgIpc) is 2.02. The Balaban J connectivity index is 2.99. The van der Waals surface area contributed by atoms with Crippen LogP contribution >= 0.6 is 0 Å². The van der Waals surface area contributed by atoms with Crippen molar-refractivity contribution in [2.45, 2.75) is 26.2 Å². The first kappa shape index (κ1) is 9.57. The van der Waals surface area contributed by atoms with E-state index in [0.717, 1.165) is 12.8 Å². The Morgan fingerprint density at radius 1 is 1.62 bits per heavy atom. The zero-order valence-electron chi connectivity index (χ0n) is 7.50. The highest BCUT2D eigenvalue weighted by Gasteiger charge is 2.07. The minimum absolute atomic E-state index is 0.0530. The van der Waals surface area contributed by atoms with Gasteiger partial charge in [0.15, 0.2) is 0 Å². The number of rotatable bonds is 3. The van der Waals surface area contributed by atoms with E-state index >= 15 is 0 Å². The van der Waals surface area contributed by atoms with E-state index in [-0.39, 0.29) is 17.4 Å². The van der Waals surface area contributed by atoms with Gasteiger partial charge in [0.1, 0.15) is 0 Å². The maximum Gasteiger partial charge on any atom is 0.259 e. The van der Waals surface area contributed by atoms with Gasteiger partial charge in [-0.2, -0.15) is 4.98 Å². The van der Waals surface area contributed by atoms with Crippen LogP contribution in [-0.4, -0.2) is 15.1 Å². The predicted octanol–water partition coefficient (Wildman–Crippen LogP) is 0.400. The van der Waals surface area contributed by atoms with E-state index in [2.05, 4.69) is 9.97 Å². The first-order chi connectivity index (χ1) is 6.15. The highest BCUT2D eigenvalue weighted by atomic mass is 16.3. The standard InChI is InChI=1S/C8H13N3O2/c1-2-3-4-5-6(12)10-8(9)11-7(5)13/h2-4H2,1H3,(H4,9,10,11,12,13). The molecule has 1 heterocycles. The minimum atomic E-state index is -0.349. The van der Waals surface area contributed by atoms with Gasteiger partial charge in [-0.15, -0.1) is 0 Å². The molecule has 0 saturated carbocycles. The lowest BCUT2D eigenvalue weighted by Gasteiger charge is -2.01. The van der Waals surface area contributed by atoms with Gasteiger partial charge in [0.05, 0.1) is 5.56 Å². The molecule has 0 aliphatic rings.